The summed E-state index contributed by atoms with van der Waals surface area (Å²) < 4.78 is 0.207. The van der Waals surface area contributed by atoms with Crippen molar-refractivity contribution in [2.75, 3.05) is 0 Å². The van der Waals surface area contributed by atoms with Gasteiger partial charge in [0.2, 0.25) is 11.8 Å². The number of carbonyl (C=O) groups is 4. The number of nitrogens with zero attached hydrogens (tertiary/aromatic N) is 1. The molecule has 0 saturated carbocycles. The molecule has 2 aromatic rings. The fourth-order valence-electron chi connectivity index (χ4n) is 6.03. The number of allylic oxidation sites excluding steroid dienone is 6. The number of ketones is 2. The highest BCUT2D eigenvalue weighted by molar-refractivity contribution is 9.12. The molecule has 35 heavy (non-hydrogen) atoms. The first-order valence-corrected chi connectivity index (χ1v) is 13.1. The zero-order valence-corrected chi connectivity index (χ0v) is 20.8. The van der Waals surface area contributed by atoms with Crippen LogP contribution in [0.5, 0.6) is 5.75 Å². The maximum Gasteiger partial charge on any atom is 0.234 e. The molecule has 4 atom stereocenters. The number of amides is 2. The van der Waals surface area contributed by atoms with E-state index in [1.165, 1.54) is 22.3 Å². The number of carbonyl (C=O) groups excluding carboxylic acids is 4. The normalized spacial score (nSPS) is 28.0. The van der Waals surface area contributed by atoms with E-state index >= 15 is 0 Å². The van der Waals surface area contributed by atoms with Gasteiger partial charge >= 0.3 is 0 Å². The van der Waals surface area contributed by atoms with E-state index in [9.17, 15) is 24.3 Å². The van der Waals surface area contributed by atoms with Gasteiger partial charge in [0, 0.05) is 28.0 Å². The summed E-state index contributed by atoms with van der Waals surface area (Å²) in [5.74, 6) is -2.66. The molecule has 2 amide bonds. The second-order valence-corrected chi connectivity index (χ2v) is 11.2. The number of Topliss-reactive ketones (excluding diaryl/α,β-unsaturated/α-hetero) is 1. The van der Waals surface area contributed by atoms with Gasteiger partial charge in [0.05, 0.1) is 22.9 Å². The van der Waals surface area contributed by atoms with E-state index in [1.807, 2.05) is 23.6 Å². The number of aromatic hydroxyl groups is 1. The van der Waals surface area contributed by atoms with Crippen molar-refractivity contribution >= 4 is 50.6 Å². The van der Waals surface area contributed by atoms with Crippen LogP contribution in [-0.2, 0) is 25.7 Å². The minimum atomic E-state index is -0.566. The molecular formula is C27H20BrNO5S. The highest BCUT2D eigenvalue weighted by atomic mass is 79.9. The Bertz CT molecular complexity index is 1390. The molecule has 3 aliphatic carbocycles. The van der Waals surface area contributed by atoms with Crippen LogP contribution in [0.15, 0.2) is 75.1 Å². The second-order valence-electron chi connectivity index (χ2n) is 9.33. The van der Waals surface area contributed by atoms with Crippen molar-refractivity contribution in [2.24, 2.45) is 17.8 Å². The zero-order chi connectivity index (χ0) is 24.4. The van der Waals surface area contributed by atoms with Crippen molar-refractivity contribution in [3.63, 3.8) is 0 Å². The first-order valence-electron chi connectivity index (χ1n) is 11.4. The summed E-state index contributed by atoms with van der Waals surface area (Å²) >= 11 is 4.73. The first-order chi connectivity index (χ1) is 16.8. The molecule has 6 rings (SSSR count). The molecule has 1 aromatic carbocycles. The molecule has 1 aromatic heterocycles. The zero-order valence-electron chi connectivity index (χ0n) is 18.4. The highest BCUT2D eigenvalue weighted by Gasteiger charge is 2.56. The van der Waals surface area contributed by atoms with Gasteiger partial charge in [-0.1, -0.05) is 29.8 Å². The van der Waals surface area contributed by atoms with Crippen LogP contribution < -0.4 is 0 Å². The van der Waals surface area contributed by atoms with Crippen molar-refractivity contribution in [3.8, 4) is 5.75 Å². The van der Waals surface area contributed by atoms with Gasteiger partial charge < -0.3 is 5.11 Å². The van der Waals surface area contributed by atoms with Crippen molar-refractivity contribution < 1.29 is 24.3 Å². The first kappa shape index (κ1) is 22.4. The van der Waals surface area contributed by atoms with Gasteiger partial charge in [-0.05, 0) is 63.8 Å². The molecule has 8 heteroatoms. The summed E-state index contributed by atoms with van der Waals surface area (Å²) in [4.78, 5) is 55.6. The molecule has 0 spiro atoms. The maximum absolute atomic E-state index is 13.7. The number of fused-ring (bicyclic) bond motifs is 3. The lowest BCUT2D eigenvalue weighted by atomic mass is 9.59. The summed E-state index contributed by atoms with van der Waals surface area (Å²) in [7, 11) is 0. The number of imide groups is 1. The largest absolute Gasteiger partial charge is 0.508 e. The van der Waals surface area contributed by atoms with Gasteiger partial charge in [-0.3, -0.25) is 24.1 Å². The average Bonchev–Trinajstić information content (AvgIpc) is 3.45. The van der Waals surface area contributed by atoms with E-state index in [0.717, 1.165) is 16.0 Å². The van der Waals surface area contributed by atoms with Crippen LogP contribution in [0.4, 0.5) is 0 Å². The monoisotopic (exact) mass is 549 g/mol. The fraction of sp³-hybridized carbons (Fsp3) is 0.259. The van der Waals surface area contributed by atoms with Gasteiger partial charge in [0.15, 0.2) is 11.6 Å². The summed E-state index contributed by atoms with van der Waals surface area (Å²) in [5.41, 5.74) is 2.51. The van der Waals surface area contributed by atoms with E-state index in [-0.39, 0.29) is 52.5 Å². The van der Waals surface area contributed by atoms with Crippen LogP contribution in [0.2, 0.25) is 0 Å². The number of thiophene rings is 1. The Morgan fingerprint density at radius 3 is 2.51 bits per heavy atom. The number of phenols is 1. The van der Waals surface area contributed by atoms with Crippen molar-refractivity contribution in [2.45, 2.75) is 25.3 Å². The number of halogens is 1. The Labute approximate surface area is 213 Å². The molecule has 0 unspecified atom stereocenters. The summed E-state index contributed by atoms with van der Waals surface area (Å²) in [6.07, 6.45) is 3.98. The molecule has 1 fully saturated rings. The van der Waals surface area contributed by atoms with Gasteiger partial charge in [-0.25, -0.2) is 0 Å². The number of hydrogen-bond donors (Lipinski definition) is 1. The SMILES string of the molecule is O=C1C=C(Br)C(=O)C2=C1[C@@H](c1ccc(O)cc1)C1=CC[C@@H]3C(=O)N(Cc4cccs4)C(=O)[C@@H]3[C@@H]1C2. The molecule has 1 aliphatic heterocycles. The van der Waals surface area contributed by atoms with Crippen LogP contribution in [0, 0.1) is 17.8 Å². The van der Waals surface area contributed by atoms with E-state index in [0.29, 0.717) is 17.6 Å². The van der Waals surface area contributed by atoms with Gasteiger partial charge in [-0.2, -0.15) is 0 Å². The average molecular weight is 550 g/mol. The van der Waals surface area contributed by atoms with Crippen molar-refractivity contribution in [3.05, 3.63) is 85.6 Å². The second kappa shape index (κ2) is 8.24. The van der Waals surface area contributed by atoms with E-state index in [1.54, 1.807) is 24.3 Å². The fourth-order valence-corrected chi connectivity index (χ4v) is 7.17. The predicted molar refractivity (Wildman–Crippen MR) is 133 cm³/mol. The summed E-state index contributed by atoms with van der Waals surface area (Å²) in [6.45, 7) is 0.255. The van der Waals surface area contributed by atoms with E-state index < -0.39 is 17.8 Å². The topological polar surface area (TPSA) is 91.8 Å². The molecule has 0 bridgehead atoms. The molecule has 1 N–H and O–H groups in total. The van der Waals surface area contributed by atoms with Crippen LogP contribution >= 0.6 is 27.3 Å². The minimum absolute atomic E-state index is 0.0995. The van der Waals surface area contributed by atoms with E-state index in [4.69, 9.17) is 0 Å². The minimum Gasteiger partial charge on any atom is -0.508 e. The number of benzene rings is 1. The Balaban J connectivity index is 1.45. The van der Waals surface area contributed by atoms with Crippen molar-refractivity contribution in [1.29, 1.82) is 0 Å². The van der Waals surface area contributed by atoms with Crippen LogP contribution in [0.3, 0.4) is 0 Å². The quantitative estimate of drug-likeness (QED) is 0.347. The number of hydrogen-bond acceptors (Lipinski definition) is 6. The predicted octanol–water partition coefficient (Wildman–Crippen LogP) is 4.42. The third-order valence-electron chi connectivity index (χ3n) is 7.54. The molecule has 0 radical (unpaired) electrons. The van der Waals surface area contributed by atoms with Gasteiger partial charge in [0.25, 0.3) is 0 Å². The highest BCUT2D eigenvalue weighted by Crippen LogP contribution is 2.55. The summed E-state index contributed by atoms with van der Waals surface area (Å²) in [6, 6.07) is 10.4. The van der Waals surface area contributed by atoms with E-state index in [2.05, 4.69) is 15.9 Å². The molecule has 2 heterocycles. The van der Waals surface area contributed by atoms with Gasteiger partial charge in [0.1, 0.15) is 5.75 Å². The number of phenolic OH excluding ortho intramolecular Hbond substituents is 1. The smallest absolute Gasteiger partial charge is 0.234 e. The lowest BCUT2D eigenvalue weighted by molar-refractivity contribution is -0.140. The lowest BCUT2D eigenvalue weighted by Crippen LogP contribution is -2.39. The lowest BCUT2D eigenvalue weighted by Gasteiger charge is -2.42. The number of rotatable bonds is 3. The van der Waals surface area contributed by atoms with Crippen molar-refractivity contribution in [1.82, 2.24) is 4.90 Å². The molecule has 4 aliphatic rings. The Kier molecular flexibility index (Phi) is 5.27. The van der Waals surface area contributed by atoms with Crippen LogP contribution in [0.25, 0.3) is 0 Å². The third kappa shape index (κ3) is 3.42. The molecule has 176 valence electrons. The third-order valence-corrected chi connectivity index (χ3v) is 8.99. The molecular weight excluding hydrogens is 530 g/mol. The number of likely N-dealkylation sites (tertiary alicyclic amines) is 1. The Morgan fingerprint density at radius 1 is 1.03 bits per heavy atom. The Morgan fingerprint density at radius 2 is 1.80 bits per heavy atom. The maximum atomic E-state index is 13.7. The standard InChI is InChI=1S/C27H20BrNO5S/c28-20-11-21(31)24-19(25(20)32)10-18-16(22(24)13-3-5-14(30)6-4-13)7-8-17-23(18)27(34)29(26(17)33)12-15-2-1-9-35-15/h1-7,9,11,17-18,22-23,30H,8,10,12H2/t17-,18+,22-,23-/m0/s1. The van der Waals surface area contributed by atoms with Crippen LogP contribution in [-0.4, -0.2) is 33.4 Å². The van der Waals surface area contributed by atoms with Gasteiger partial charge in [-0.15, -0.1) is 11.3 Å². The molecule has 1 saturated heterocycles. The Hall–Kier alpha value is -3.10. The summed E-state index contributed by atoms with van der Waals surface area (Å²) in [5, 5.41) is 11.7. The van der Waals surface area contributed by atoms with Crippen LogP contribution in [0.1, 0.15) is 29.2 Å². The molecule has 6 nitrogen and oxygen atoms in total.